The molecule has 1 aromatic carbocycles. The molecule has 0 amide bonds. The lowest BCUT2D eigenvalue weighted by Gasteiger charge is -2.16. The first kappa shape index (κ1) is 14.8. The molecule has 1 aromatic heterocycles. The van der Waals surface area contributed by atoms with Crippen LogP contribution in [0.15, 0.2) is 18.2 Å². The van der Waals surface area contributed by atoms with E-state index in [9.17, 15) is 0 Å². The van der Waals surface area contributed by atoms with E-state index in [0.29, 0.717) is 6.61 Å². The smallest absolute Gasteiger partial charge is 0.205 e. The number of aryl methyl sites for hydroxylation is 3. The molecule has 108 valence electrons. The van der Waals surface area contributed by atoms with Gasteiger partial charge in [0.15, 0.2) is 0 Å². The lowest BCUT2D eigenvalue weighted by Crippen LogP contribution is -2.23. The fourth-order valence-electron chi connectivity index (χ4n) is 1.96. The van der Waals surface area contributed by atoms with Crippen LogP contribution in [0.1, 0.15) is 23.9 Å². The van der Waals surface area contributed by atoms with Crippen LogP contribution in [0.2, 0.25) is 0 Å². The summed E-state index contributed by atoms with van der Waals surface area (Å²) in [6, 6.07) is 6.27. The summed E-state index contributed by atoms with van der Waals surface area (Å²) in [5, 5.41) is 0.950. The van der Waals surface area contributed by atoms with Gasteiger partial charge in [-0.15, -0.1) is 0 Å². The molecule has 0 saturated carbocycles. The Morgan fingerprint density at radius 2 is 1.90 bits per heavy atom. The van der Waals surface area contributed by atoms with Crippen molar-refractivity contribution < 1.29 is 4.74 Å². The third-order valence-electron chi connectivity index (χ3n) is 2.99. The van der Waals surface area contributed by atoms with Crippen LogP contribution in [-0.4, -0.2) is 29.6 Å². The maximum Gasteiger partial charge on any atom is 0.205 e. The van der Waals surface area contributed by atoms with Gasteiger partial charge in [0.2, 0.25) is 5.13 Å². The van der Waals surface area contributed by atoms with Gasteiger partial charge < -0.3 is 9.64 Å². The summed E-state index contributed by atoms with van der Waals surface area (Å²) in [7, 11) is 2.02. The van der Waals surface area contributed by atoms with Crippen LogP contribution >= 0.6 is 11.5 Å². The van der Waals surface area contributed by atoms with Crippen LogP contribution in [0.4, 0.5) is 5.13 Å². The van der Waals surface area contributed by atoms with E-state index in [1.807, 2.05) is 7.05 Å². The number of anilines is 1. The Kier molecular flexibility index (Phi) is 4.95. The highest BCUT2D eigenvalue weighted by atomic mass is 32.1. The van der Waals surface area contributed by atoms with Crippen molar-refractivity contribution >= 4 is 16.7 Å². The quantitative estimate of drug-likeness (QED) is 0.819. The molecule has 0 aliphatic carbocycles. The second kappa shape index (κ2) is 6.70. The highest BCUT2D eigenvalue weighted by molar-refractivity contribution is 7.09. The van der Waals surface area contributed by atoms with Gasteiger partial charge >= 0.3 is 0 Å². The Morgan fingerprint density at radius 1 is 1.20 bits per heavy atom. The summed E-state index contributed by atoms with van der Waals surface area (Å²) in [6.07, 6.45) is 0.878. The monoisotopic (exact) mass is 291 g/mol. The molecule has 2 rings (SSSR count). The Balaban J connectivity index is 1.85. The molecule has 2 aromatic rings. The summed E-state index contributed by atoms with van der Waals surface area (Å²) in [5.41, 5.74) is 2.45. The maximum atomic E-state index is 5.81. The minimum Gasteiger partial charge on any atom is -0.492 e. The summed E-state index contributed by atoms with van der Waals surface area (Å²) < 4.78 is 10.1. The number of rotatable bonds is 6. The summed E-state index contributed by atoms with van der Waals surface area (Å²) in [4.78, 5) is 6.54. The van der Waals surface area contributed by atoms with Crippen molar-refractivity contribution in [2.45, 2.75) is 27.2 Å². The van der Waals surface area contributed by atoms with Gasteiger partial charge in [0.1, 0.15) is 18.2 Å². The minimum absolute atomic E-state index is 0.639. The van der Waals surface area contributed by atoms with Crippen LogP contribution in [-0.2, 0) is 6.42 Å². The van der Waals surface area contributed by atoms with Crippen molar-refractivity contribution in [2.24, 2.45) is 0 Å². The van der Waals surface area contributed by atoms with Crippen LogP contribution in [0, 0.1) is 13.8 Å². The Morgan fingerprint density at radius 3 is 2.50 bits per heavy atom. The molecule has 0 atom stereocenters. The molecule has 1 heterocycles. The van der Waals surface area contributed by atoms with Gasteiger partial charge in [-0.05, 0) is 37.1 Å². The number of benzene rings is 1. The van der Waals surface area contributed by atoms with Crippen molar-refractivity contribution in [1.82, 2.24) is 9.36 Å². The molecule has 0 bridgehead atoms. The second-order valence-corrected chi connectivity index (χ2v) is 5.67. The van der Waals surface area contributed by atoms with E-state index in [0.717, 1.165) is 29.7 Å². The van der Waals surface area contributed by atoms with E-state index in [1.165, 1.54) is 22.7 Å². The van der Waals surface area contributed by atoms with Gasteiger partial charge in [0.05, 0.1) is 6.54 Å². The zero-order chi connectivity index (χ0) is 14.5. The first-order valence-corrected chi connectivity index (χ1v) is 7.60. The standard InChI is InChI=1S/C15H21N3OS/c1-5-14-16-15(20-17-14)18(4)6-7-19-13-9-11(2)8-12(3)10-13/h8-10H,5-7H2,1-4H3. The lowest BCUT2D eigenvalue weighted by atomic mass is 10.1. The molecule has 0 fully saturated rings. The predicted octanol–water partition coefficient (Wildman–Crippen LogP) is 3.23. The zero-order valence-electron chi connectivity index (χ0n) is 12.5. The number of nitrogens with zero attached hydrogens (tertiary/aromatic N) is 3. The molecule has 0 aliphatic rings. The topological polar surface area (TPSA) is 38.2 Å². The third kappa shape index (κ3) is 3.93. The highest BCUT2D eigenvalue weighted by Gasteiger charge is 2.07. The first-order chi connectivity index (χ1) is 9.58. The van der Waals surface area contributed by atoms with E-state index < -0.39 is 0 Å². The Bertz CT molecular complexity index is 548. The fourth-order valence-corrected chi connectivity index (χ4v) is 2.69. The van der Waals surface area contributed by atoms with E-state index in [1.54, 1.807) is 0 Å². The van der Waals surface area contributed by atoms with Crippen molar-refractivity contribution in [3.63, 3.8) is 0 Å². The molecule has 5 heteroatoms. The molecule has 20 heavy (non-hydrogen) atoms. The van der Waals surface area contributed by atoms with E-state index in [4.69, 9.17) is 4.74 Å². The van der Waals surface area contributed by atoms with Crippen LogP contribution in [0.25, 0.3) is 0 Å². The molecular formula is C15H21N3OS. The van der Waals surface area contributed by atoms with Crippen molar-refractivity contribution in [3.05, 3.63) is 35.2 Å². The maximum absolute atomic E-state index is 5.81. The van der Waals surface area contributed by atoms with Gasteiger partial charge in [0.25, 0.3) is 0 Å². The normalized spacial score (nSPS) is 10.6. The zero-order valence-corrected chi connectivity index (χ0v) is 13.3. The van der Waals surface area contributed by atoms with E-state index in [2.05, 4.69) is 53.2 Å². The third-order valence-corrected chi connectivity index (χ3v) is 3.86. The largest absolute Gasteiger partial charge is 0.492 e. The van der Waals surface area contributed by atoms with Crippen molar-refractivity contribution in [3.8, 4) is 5.75 Å². The Labute approximate surface area is 124 Å². The molecule has 0 unspecified atom stereocenters. The van der Waals surface area contributed by atoms with E-state index in [-0.39, 0.29) is 0 Å². The van der Waals surface area contributed by atoms with Gasteiger partial charge in [-0.2, -0.15) is 4.37 Å². The summed E-state index contributed by atoms with van der Waals surface area (Å²) >= 11 is 1.44. The fraction of sp³-hybridized carbons (Fsp3) is 0.467. The summed E-state index contributed by atoms with van der Waals surface area (Å²) in [6.45, 7) is 7.67. The molecule has 0 spiro atoms. The van der Waals surface area contributed by atoms with E-state index >= 15 is 0 Å². The van der Waals surface area contributed by atoms with Crippen molar-refractivity contribution in [1.29, 1.82) is 0 Å². The van der Waals surface area contributed by atoms with Gasteiger partial charge in [-0.3, -0.25) is 0 Å². The minimum atomic E-state index is 0.639. The molecule has 0 saturated heterocycles. The Hall–Kier alpha value is -1.62. The van der Waals surface area contributed by atoms with Crippen LogP contribution in [0.3, 0.4) is 0 Å². The van der Waals surface area contributed by atoms with Gasteiger partial charge in [-0.1, -0.05) is 13.0 Å². The number of aromatic nitrogens is 2. The molecule has 0 radical (unpaired) electrons. The SMILES string of the molecule is CCc1nsc(N(C)CCOc2cc(C)cc(C)c2)n1. The molecule has 0 aliphatic heterocycles. The lowest BCUT2D eigenvalue weighted by molar-refractivity contribution is 0.325. The summed E-state index contributed by atoms with van der Waals surface area (Å²) in [5.74, 6) is 1.84. The number of likely N-dealkylation sites (N-methyl/N-ethyl adjacent to an activating group) is 1. The average molecular weight is 291 g/mol. The van der Waals surface area contributed by atoms with Crippen molar-refractivity contribution in [2.75, 3.05) is 25.1 Å². The predicted molar refractivity (Wildman–Crippen MR) is 84.0 cm³/mol. The van der Waals surface area contributed by atoms with Crippen LogP contribution < -0.4 is 9.64 Å². The van der Waals surface area contributed by atoms with Gasteiger partial charge in [0, 0.05) is 25.0 Å². The van der Waals surface area contributed by atoms with Crippen LogP contribution in [0.5, 0.6) is 5.75 Å². The number of hydrogen-bond donors (Lipinski definition) is 0. The highest BCUT2D eigenvalue weighted by Crippen LogP contribution is 2.18. The molecular weight excluding hydrogens is 270 g/mol. The molecule has 0 N–H and O–H groups in total. The number of ether oxygens (including phenoxy) is 1. The average Bonchev–Trinajstić information content (AvgIpc) is 2.86. The second-order valence-electron chi connectivity index (χ2n) is 4.94. The number of hydrogen-bond acceptors (Lipinski definition) is 5. The first-order valence-electron chi connectivity index (χ1n) is 6.83. The van der Waals surface area contributed by atoms with Gasteiger partial charge in [-0.25, -0.2) is 4.98 Å². The molecule has 4 nitrogen and oxygen atoms in total.